The molecule has 1 heterocycles. The third-order valence-corrected chi connectivity index (χ3v) is 3.53. The van der Waals surface area contributed by atoms with Crippen molar-refractivity contribution in [3.8, 4) is 0 Å². The molecule has 0 bridgehead atoms. The van der Waals surface area contributed by atoms with Crippen molar-refractivity contribution in [3.05, 3.63) is 51.7 Å². The number of ketones is 1. The molecule has 0 unspecified atom stereocenters. The number of para-hydroxylation sites is 1. The van der Waals surface area contributed by atoms with Crippen LogP contribution in [0.25, 0.3) is 0 Å². The second kappa shape index (κ2) is 5.15. The normalized spacial score (nSPS) is 10.2. The van der Waals surface area contributed by atoms with Gasteiger partial charge in [0.25, 0.3) is 0 Å². The molecule has 0 spiro atoms. The highest BCUT2D eigenvalue weighted by Gasteiger charge is 2.11. The average molecular weight is 245 g/mol. The van der Waals surface area contributed by atoms with Crippen molar-refractivity contribution in [1.29, 1.82) is 0 Å². The standard InChI is InChI=1S/C14H15NOS/c1-10-8-13(11(2)17-10)14(16)9-15-12-6-4-3-5-7-12/h3-8,15H,9H2,1-2H3. The highest BCUT2D eigenvalue weighted by molar-refractivity contribution is 7.12. The lowest BCUT2D eigenvalue weighted by Crippen LogP contribution is -2.13. The number of carbonyl (C=O) groups excluding carboxylic acids is 1. The monoisotopic (exact) mass is 245 g/mol. The zero-order valence-electron chi connectivity index (χ0n) is 9.99. The molecule has 1 aromatic heterocycles. The van der Waals surface area contributed by atoms with E-state index < -0.39 is 0 Å². The second-order valence-corrected chi connectivity index (χ2v) is 5.43. The zero-order chi connectivity index (χ0) is 12.3. The van der Waals surface area contributed by atoms with E-state index in [4.69, 9.17) is 0 Å². The third kappa shape index (κ3) is 2.94. The van der Waals surface area contributed by atoms with Gasteiger partial charge in [0, 0.05) is 21.0 Å². The fourth-order valence-corrected chi connectivity index (χ4v) is 2.68. The Kier molecular flexibility index (Phi) is 3.59. The van der Waals surface area contributed by atoms with Gasteiger partial charge in [-0.2, -0.15) is 0 Å². The molecule has 0 aliphatic heterocycles. The van der Waals surface area contributed by atoms with Crippen LogP contribution in [0.4, 0.5) is 5.69 Å². The molecule has 0 aliphatic carbocycles. The molecule has 0 saturated carbocycles. The lowest BCUT2D eigenvalue weighted by atomic mass is 10.1. The van der Waals surface area contributed by atoms with E-state index in [9.17, 15) is 4.79 Å². The fourth-order valence-electron chi connectivity index (χ4n) is 1.74. The molecule has 3 heteroatoms. The first-order chi connectivity index (χ1) is 8.16. The van der Waals surface area contributed by atoms with E-state index in [0.29, 0.717) is 6.54 Å². The van der Waals surface area contributed by atoms with Gasteiger partial charge in [-0.05, 0) is 32.0 Å². The first kappa shape index (κ1) is 11.9. The van der Waals surface area contributed by atoms with Gasteiger partial charge in [-0.15, -0.1) is 11.3 Å². The molecule has 2 rings (SSSR count). The molecule has 2 nitrogen and oxygen atoms in total. The Balaban J connectivity index is 2.01. The maximum absolute atomic E-state index is 12.0. The van der Waals surface area contributed by atoms with Crippen molar-refractivity contribution >= 4 is 22.8 Å². The first-order valence-electron chi connectivity index (χ1n) is 5.56. The van der Waals surface area contributed by atoms with Crippen LogP contribution in [0.15, 0.2) is 36.4 Å². The van der Waals surface area contributed by atoms with Crippen molar-refractivity contribution < 1.29 is 4.79 Å². The molecular weight excluding hydrogens is 230 g/mol. The smallest absolute Gasteiger partial charge is 0.182 e. The highest BCUT2D eigenvalue weighted by atomic mass is 32.1. The molecule has 0 saturated heterocycles. The van der Waals surface area contributed by atoms with Crippen LogP contribution >= 0.6 is 11.3 Å². The summed E-state index contributed by atoms with van der Waals surface area (Å²) in [6, 6.07) is 11.7. The molecule has 1 N–H and O–H groups in total. The second-order valence-electron chi connectivity index (χ2n) is 3.97. The summed E-state index contributed by atoms with van der Waals surface area (Å²) in [5, 5.41) is 3.13. The van der Waals surface area contributed by atoms with E-state index in [0.717, 1.165) is 16.1 Å². The number of anilines is 1. The number of hydrogen-bond donors (Lipinski definition) is 1. The summed E-state index contributed by atoms with van der Waals surface area (Å²) >= 11 is 1.67. The number of thiophene rings is 1. The zero-order valence-corrected chi connectivity index (χ0v) is 10.8. The van der Waals surface area contributed by atoms with Crippen molar-refractivity contribution in [2.45, 2.75) is 13.8 Å². The van der Waals surface area contributed by atoms with Crippen LogP contribution in [0.3, 0.4) is 0 Å². The number of carbonyl (C=O) groups is 1. The van der Waals surface area contributed by atoms with Gasteiger partial charge in [-0.1, -0.05) is 18.2 Å². The van der Waals surface area contributed by atoms with Gasteiger partial charge in [-0.3, -0.25) is 4.79 Å². The Bertz CT molecular complexity index is 516. The van der Waals surface area contributed by atoms with E-state index in [1.807, 2.05) is 50.2 Å². The average Bonchev–Trinajstić information content (AvgIpc) is 2.67. The van der Waals surface area contributed by atoms with E-state index in [1.165, 1.54) is 4.88 Å². The van der Waals surface area contributed by atoms with E-state index in [1.54, 1.807) is 11.3 Å². The topological polar surface area (TPSA) is 29.1 Å². The molecular formula is C14H15NOS. The summed E-state index contributed by atoms with van der Waals surface area (Å²) in [7, 11) is 0. The molecule has 0 amide bonds. The number of rotatable bonds is 4. The molecule has 0 fully saturated rings. The lowest BCUT2D eigenvalue weighted by Gasteiger charge is -2.04. The highest BCUT2D eigenvalue weighted by Crippen LogP contribution is 2.21. The Morgan fingerprint density at radius 3 is 2.53 bits per heavy atom. The predicted octanol–water partition coefficient (Wildman–Crippen LogP) is 3.66. The molecule has 0 radical (unpaired) electrons. The Morgan fingerprint density at radius 1 is 1.24 bits per heavy atom. The summed E-state index contributed by atoms with van der Waals surface area (Å²) in [4.78, 5) is 14.3. The van der Waals surface area contributed by atoms with Crippen LogP contribution < -0.4 is 5.32 Å². The number of hydrogen-bond acceptors (Lipinski definition) is 3. The van der Waals surface area contributed by atoms with Crippen LogP contribution in [0.5, 0.6) is 0 Å². The summed E-state index contributed by atoms with van der Waals surface area (Å²) in [5.41, 5.74) is 1.82. The molecule has 2 aromatic rings. The SMILES string of the molecule is Cc1cc(C(=O)CNc2ccccc2)c(C)s1. The number of nitrogens with one attached hydrogen (secondary N) is 1. The molecule has 0 atom stereocenters. The molecule has 17 heavy (non-hydrogen) atoms. The first-order valence-corrected chi connectivity index (χ1v) is 6.37. The van der Waals surface area contributed by atoms with Gasteiger partial charge in [0.15, 0.2) is 5.78 Å². The van der Waals surface area contributed by atoms with E-state index in [-0.39, 0.29) is 5.78 Å². The Morgan fingerprint density at radius 2 is 1.94 bits per heavy atom. The van der Waals surface area contributed by atoms with Crippen LogP contribution in [0, 0.1) is 13.8 Å². The van der Waals surface area contributed by atoms with Crippen LogP contribution in [0.1, 0.15) is 20.1 Å². The minimum absolute atomic E-state index is 0.149. The lowest BCUT2D eigenvalue weighted by molar-refractivity contribution is 0.101. The van der Waals surface area contributed by atoms with Gasteiger partial charge in [0.05, 0.1) is 6.54 Å². The van der Waals surface area contributed by atoms with Crippen molar-refractivity contribution in [3.63, 3.8) is 0 Å². The van der Waals surface area contributed by atoms with E-state index in [2.05, 4.69) is 5.32 Å². The fraction of sp³-hybridized carbons (Fsp3) is 0.214. The largest absolute Gasteiger partial charge is 0.378 e. The van der Waals surface area contributed by atoms with Crippen molar-refractivity contribution in [1.82, 2.24) is 0 Å². The van der Waals surface area contributed by atoms with Crippen LogP contribution in [-0.4, -0.2) is 12.3 Å². The maximum atomic E-state index is 12.0. The number of Topliss-reactive ketones (excluding diaryl/α,β-unsaturated/α-hetero) is 1. The number of aryl methyl sites for hydroxylation is 2. The van der Waals surface area contributed by atoms with Gasteiger partial charge < -0.3 is 5.32 Å². The summed E-state index contributed by atoms with van der Waals surface area (Å²) in [6.07, 6.45) is 0. The van der Waals surface area contributed by atoms with Crippen LogP contribution in [-0.2, 0) is 0 Å². The quantitative estimate of drug-likeness (QED) is 0.833. The third-order valence-electron chi connectivity index (χ3n) is 2.57. The Hall–Kier alpha value is -1.61. The van der Waals surface area contributed by atoms with Gasteiger partial charge >= 0.3 is 0 Å². The molecule has 0 aliphatic rings. The van der Waals surface area contributed by atoms with Gasteiger partial charge in [0.1, 0.15) is 0 Å². The summed E-state index contributed by atoms with van der Waals surface area (Å²) in [6.45, 7) is 4.37. The van der Waals surface area contributed by atoms with Crippen molar-refractivity contribution in [2.75, 3.05) is 11.9 Å². The van der Waals surface area contributed by atoms with Gasteiger partial charge in [0.2, 0.25) is 0 Å². The maximum Gasteiger partial charge on any atom is 0.182 e. The van der Waals surface area contributed by atoms with Crippen molar-refractivity contribution in [2.24, 2.45) is 0 Å². The van der Waals surface area contributed by atoms with E-state index >= 15 is 0 Å². The number of benzene rings is 1. The summed E-state index contributed by atoms with van der Waals surface area (Å²) < 4.78 is 0. The minimum Gasteiger partial charge on any atom is -0.378 e. The van der Waals surface area contributed by atoms with Gasteiger partial charge in [-0.25, -0.2) is 0 Å². The van der Waals surface area contributed by atoms with Crippen LogP contribution in [0.2, 0.25) is 0 Å². The molecule has 88 valence electrons. The minimum atomic E-state index is 0.149. The molecule has 1 aromatic carbocycles. The Labute approximate surface area is 105 Å². The predicted molar refractivity (Wildman–Crippen MR) is 73.1 cm³/mol. The summed E-state index contributed by atoms with van der Waals surface area (Å²) in [5.74, 6) is 0.149.